The maximum Gasteiger partial charge on any atom is 0.252 e. The van der Waals surface area contributed by atoms with Crippen molar-refractivity contribution in [2.45, 2.75) is 173 Å². The van der Waals surface area contributed by atoms with Crippen LogP contribution in [0.15, 0.2) is 0 Å². The molecule has 4 saturated carbocycles. The first-order valence-corrected chi connectivity index (χ1v) is 21.6. The van der Waals surface area contributed by atoms with Gasteiger partial charge in [0.15, 0.2) is 12.4 Å². The first-order valence-electron chi connectivity index (χ1n) is 21.6. The Morgan fingerprint density at radius 3 is 2.30 bits per heavy atom. The van der Waals surface area contributed by atoms with Gasteiger partial charge >= 0.3 is 0 Å². The number of amides is 3. The number of rotatable bonds is 13. The van der Waals surface area contributed by atoms with E-state index in [9.17, 15) is 34.8 Å². The molecule has 14 nitrogen and oxygen atoms in total. The molecule has 0 aromatic carbocycles. The average molecular weight is 794 g/mol. The molecule has 56 heavy (non-hydrogen) atoms. The minimum absolute atomic E-state index is 0.0621. The van der Waals surface area contributed by atoms with Crippen molar-refractivity contribution in [3.05, 3.63) is 0 Å². The quantitative estimate of drug-likeness (QED) is 0.135. The molecule has 6 aliphatic rings. The van der Waals surface area contributed by atoms with Crippen molar-refractivity contribution in [1.82, 2.24) is 16.0 Å². The Labute approximate surface area is 332 Å². The highest BCUT2D eigenvalue weighted by atomic mass is 16.7. The Morgan fingerprint density at radius 1 is 0.857 bits per heavy atom. The number of fused-ring (bicyclic) bond motifs is 5. The van der Waals surface area contributed by atoms with Crippen molar-refractivity contribution >= 4 is 17.7 Å². The highest BCUT2D eigenvalue weighted by molar-refractivity contribution is 5.82. The van der Waals surface area contributed by atoms with Crippen LogP contribution in [0.4, 0.5) is 0 Å². The fourth-order valence-electron chi connectivity index (χ4n) is 12.9. The maximum absolute atomic E-state index is 13.4. The van der Waals surface area contributed by atoms with E-state index in [1.165, 1.54) is 78.2 Å². The second-order valence-electron chi connectivity index (χ2n) is 18.8. The van der Waals surface area contributed by atoms with Gasteiger partial charge in [0.1, 0.15) is 36.6 Å². The molecule has 2 heterocycles. The van der Waals surface area contributed by atoms with Gasteiger partial charge in [0, 0.05) is 33.5 Å². The number of aliphatic hydroxyl groups is 4. The van der Waals surface area contributed by atoms with E-state index in [1.807, 2.05) is 0 Å². The Hall–Kier alpha value is -1.91. The van der Waals surface area contributed by atoms with Crippen LogP contribution in [0.3, 0.4) is 0 Å². The largest absolute Gasteiger partial charge is 0.394 e. The zero-order valence-electron chi connectivity index (χ0n) is 34.5. The first-order chi connectivity index (χ1) is 26.6. The Balaban J connectivity index is 0.968. The van der Waals surface area contributed by atoms with Crippen LogP contribution in [0, 0.1) is 46.3 Å². The van der Waals surface area contributed by atoms with Crippen molar-refractivity contribution in [1.29, 1.82) is 0 Å². The third-order valence-corrected chi connectivity index (χ3v) is 15.8. The number of carbonyl (C=O) groups is 3. The predicted molar refractivity (Wildman–Crippen MR) is 206 cm³/mol. The normalized spacial score (nSPS) is 45.4. The molecule has 3 amide bonds. The molecule has 2 aliphatic heterocycles. The van der Waals surface area contributed by atoms with E-state index in [0.717, 1.165) is 30.1 Å². The number of hydrogen-bond acceptors (Lipinski definition) is 11. The Kier molecular flexibility index (Phi) is 14.2. The summed E-state index contributed by atoms with van der Waals surface area (Å²) in [5.74, 6) is 3.42. The van der Waals surface area contributed by atoms with E-state index in [2.05, 4.69) is 36.7 Å². The number of nitrogens with one attached hydrogen (secondary N) is 3. The summed E-state index contributed by atoms with van der Waals surface area (Å²) in [4.78, 5) is 38.3. The highest BCUT2D eigenvalue weighted by Crippen LogP contribution is 2.68. The molecule has 6 rings (SSSR count). The summed E-state index contributed by atoms with van der Waals surface area (Å²) in [6.45, 7) is 10.2. The molecule has 6 fully saturated rings. The lowest BCUT2D eigenvalue weighted by molar-refractivity contribution is -0.325. The lowest BCUT2D eigenvalue weighted by atomic mass is 9.44. The third-order valence-electron chi connectivity index (χ3n) is 15.8. The number of carbonyl (C=O) groups excluding carboxylic acids is 3. The molecule has 0 aromatic heterocycles. The van der Waals surface area contributed by atoms with E-state index >= 15 is 0 Å². The van der Waals surface area contributed by atoms with Crippen molar-refractivity contribution in [2.24, 2.45) is 46.3 Å². The summed E-state index contributed by atoms with van der Waals surface area (Å²) < 4.78 is 22.8. The van der Waals surface area contributed by atoms with Gasteiger partial charge < -0.3 is 55.3 Å². The Bertz CT molecular complexity index is 1370. The molecule has 0 aromatic rings. The van der Waals surface area contributed by atoms with Crippen molar-refractivity contribution in [2.75, 3.05) is 26.8 Å². The summed E-state index contributed by atoms with van der Waals surface area (Å²) in [6.07, 6.45) is 3.01. The van der Waals surface area contributed by atoms with Gasteiger partial charge in [-0.25, -0.2) is 0 Å². The second kappa shape index (κ2) is 18.1. The Morgan fingerprint density at radius 2 is 1.59 bits per heavy atom. The molecule has 0 spiro atoms. The van der Waals surface area contributed by atoms with Gasteiger partial charge in [-0.05, 0) is 111 Å². The van der Waals surface area contributed by atoms with Gasteiger partial charge in [-0.3, -0.25) is 14.4 Å². The number of aliphatic hydroxyl groups excluding tert-OH is 4. The number of hydrogen-bond donors (Lipinski definition) is 7. The average Bonchev–Trinajstić information content (AvgIpc) is 3.53. The van der Waals surface area contributed by atoms with Crippen LogP contribution in [0.25, 0.3) is 0 Å². The topological polar surface area (TPSA) is 205 Å². The fraction of sp³-hybridized carbons (Fsp3) is 0.929. The molecular weight excluding hydrogens is 722 g/mol. The van der Waals surface area contributed by atoms with Gasteiger partial charge in [-0.2, -0.15) is 0 Å². The SMILES string of the molecule is CO[C@@H]1C(C(=O)NCCNC(=O)CCC(C)C2CCC3C4CCC5CCCC[C@@]5(C)C4CC[C@@]23C)O[C@@H](O[C@@H]2C(NC(C)=O)[C@H](C)OC(CO)[C@H]2O)C(O)[C@H]1O. The predicted octanol–water partition coefficient (Wildman–Crippen LogP) is 2.18. The van der Waals surface area contributed by atoms with E-state index in [4.69, 9.17) is 18.9 Å². The van der Waals surface area contributed by atoms with Crippen LogP contribution < -0.4 is 16.0 Å². The summed E-state index contributed by atoms with van der Waals surface area (Å²) in [5, 5.41) is 50.8. The van der Waals surface area contributed by atoms with Crippen LogP contribution in [-0.2, 0) is 33.3 Å². The molecule has 14 heteroatoms. The van der Waals surface area contributed by atoms with Gasteiger partial charge in [0.25, 0.3) is 5.91 Å². The van der Waals surface area contributed by atoms with Crippen LogP contribution in [0.5, 0.6) is 0 Å². The lowest BCUT2D eigenvalue weighted by Gasteiger charge is -2.61. The van der Waals surface area contributed by atoms with E-state index in [1.54, 1.807) is 6.92 Å². The maximum atomic E-state index is 13.4. The molecule has 7 N–H and O–H groups in total. The van der Waals surface area contributed by atoms with Crippen molar-refractivity contribution in [3.63, 3.8) is 0 Å². The van der Waals surface area contributed by atoms with Crippen LogP contribution >= 0.6 is 0 Å². The van der Waals surface area contributed by atoms with Crippen molar-refractivity contribution < 1.29 is 53.8 Å². The molecule has 320 valence electrons. The summed E-state index contributed by atoms with van der Waals surface area (Å²) in [6, 6.07) is -0.903. The molecular formula is C42H71N3O11. The van der Waals surface area contributed by atoms with Gasteiger partial charge in [0.2, 0.25) is 11.8 Å². The van der Waals surface area contributed by atoms with E-state index < -0.39 is 79.6 Å². The molecule has 4 aliphatic carbocycles. The van der Waals surface area contributed by atoms with E-state index in [0.29, 0.717) is 29.1 Å². The monoisotopic (exact) mass is 794 g/mol. The summed E-state index contributed by atoms with van der Waals surface area (Å²) in [5.41, 5.74) is 0.894. The third kappa shape index (κ3) is 8.55. The van der Waals surface area contributed by atoms with Crippen LogP contribution in [0.1, 0.15) is 112 Å². The number of ether oxygens (including phenoxy) is 4. The van der Waals surface area contributed by atoms with Gasteiger partial charge in [0.05, 0.1) is 18.8 Å². The minimum atomic E-state index is -1.69. The van der Waals surface area contributed by atoms with Crippen LogP contribution in [-0.4, -0.2) is 126 Å². The van der Waals surface area contributed by atoms with Gasteiger partial charge in [-0.1, -0.05) is 33.6 Å². The highest BCUT2D eigenvalue weighted by Gasteiger charge is 2.60. The number of methoxy groups -OCH3 is 1. The summed E-state index contributed by atoms with van der Waals surface area (Å²) >= 11 is 0. The molecule has 18 atom stereocenters. The zero-order valence-corrected chi connectivity index (χ0v) is 34.5. The van der Waals surface area contributed by atoms with Crippen molar-refractivity contribution in [3.8, 4) is 0 Å². The molecule has 0 radical (unpaired) electrons. The zero-order chi connectivity index (χ0) is 40.5. The summed E-state index contributed by atoms with van der Waals surface area (Å²) in [7, 11) is 1.27. The van der Waals surface area contributed by atoms with Crippen LogP contribution in [0.2, 0.25) is 0 Å². The first kappa shape index (κ1) is 43.7. The minimum Gasteiger partial charge on any atom is -0.394 e. The van der Waals surface area contributed by atoms with E-state index in [-0.39, 0.29) is 19.0 Å². The standard InChI is InChI=1S/C42H71N3O11/c1-22(27-13-14-28-26-12-11-25-9-7-8-17-41(25,4)29(26)16-18-42(27,28)5)10-15-31(48)43-19-20-44-39(52)38-37(53-6)34(50)35(51)40(56-38)55-36-32(45-24(3)47)23(2)54-30(21-46)33(36)49/h22-23,25-30,32-38,40,46,49-51H,7-21H2,1-6H3,(H,43,48)(H,44,52)(H,45,47)/t22?,23-,25?,26?,27?,28?,29?,30?,32?,33+,34+,35?,36+,37-,38?,40+,41+,42-/m0/s1. The molecule has 10 unspecified atom stereocenters. The fourth-order valence-corrected chi connectivity index (χ4v) is 12.9. The molecule has 2 saturated heterocycles. The second-order valence-corrected chi connectivity index (χ2v) is 18.8. The van der Waals surface area contributed by atoms with Gasteiger partial charge in [-0.15, -0.1) is 0 Å². The molecule has 0 bridgehead atoms. The lowest BCUT2D eigenvalue weighted by Crippen LogP contribution is -2.68. The smallest absolute Gasteiger partial charge is 0.252 e.